The minimum atomic E-state index is 0.389. The second-order valence-corrected chi connectivity index (χ2v) is 2.77. The fourth-order valence-corrected chi connectivity index (χ4v) is 1.32. The summed E-state index contributed by atoms with van der Waals surface area (Å²) >= 11 is 5.77. The van der Waals surface area contributed by atoms with Crippen LogP contribution in [-0.2, 0) is 0 Å². The summed E-state index contributed by atoms with van der Waals surface area (Å²) in [6.07, 6.45) is 2.35. The molecule has 0 bridgehead atoms. The Labute approximate surface area is 85.5 Å². The molecule has 14 heavy (non-hydrogen) atoms. The molecule has 0 amide bonds. The molecule has 0 fully saturated rings. The quantitative estimate of drug-likeness (QED) is 0.558. The van der Waals surface area contributed by atoms with E-state index in [9.17, 15) is 4.79 Å². The second kappa shape index (κ2) is 4.74. The van der Waals surface area contributed by atoms with Crippen LogP contribution in [0.15, 0.2) is 18.3 Å². The molecule has 0 aromatic carbocycles. The van der Waals surface area contributed by atoms with Crippen molar-refractivity contribution < 1.29 is 9.90 Å². The van der Waals surface area contributed by atoms with Crippen LogP contribution in [0.25, 0.3) is 10.9 Å². The number of hydrogen-bond acceptors (Lipinski definition) is 3. The number of rotatable bonds is 1. The highest BCUT2D eigenvalue weighted by Gasteiger charge is 2.02. The summed E-state index contributed by atoms with van der Waals surface area (Å²) in [7, 11) is 1.00. The number of aldehydes is 1. The van der Waals surface area contributed by atoms with Gasteiger partial charge >= 0.3 is 0 Å². The van der Waals surface area contributed by atoms with E-state index in [1.807, 2.05) is 0 Å². The molecular formula is C9H9ClN2O2. The number of halogens is 1. The largest absolute Gasteiger partial charge is 0.400 e. The molecule has 0 aliphatic heterocycles. The maximum absolute atomic E-state index is 10.4. The Kier molecular flexibility index (Phi) is 3.62. The number of aliphatic hydroxyl groups is 1. The second-order valence-electron chi connectivity index (χ2n) is 2.41. The monoisotopic (exact) mass is 212 g/mol. The van der Waals surface area contributed by atoms with E-state index in [0.717, 1.165) is 18.8 Å². The molecule has 0 atom stereocenters. The first kappa shape index (κ1) is 10.7. The van der Waals surface area contributed by atoms with Gasteiger partial charge in [0.25, 0.3) is 0 Å². The van der Waals surface area contributed by atoms with Gasteiger partial charge in [0, 0.05) is 18.7 Å². The fourth-order valence-electron chi connectivity index (χ4n) is 1.11. The van der Waals surface area contributed by atoms with Crippen molar-refractivity contribution in [3.05, 3.63) is 29.2 Å². The highest BCUT2D eigenvalue weighted by atomic mass is 35.5. The molecule has 0 aliphatic rings. The van der Waals surface area contributed by atoms with Crippen LogP contribution in [0.2, 0.25) is 5.15 Å². The Balaban J connectivity index is 0.000000461. The van der Waals surface area contributed by atoms with E-state index in [0.29, 0.717) is 16.4 Å². The summed E-state index contributed by atoms with van der Waals surface area (Å²) < 4.78 is 0. The van der Waals surface area contributed by atoms with Crippen molar-refractivity contribution in [3.8, 4) is 0 Å². The van der Waals surface area contributed by atoms with Crippen LogP contribution in [0.1, 0.15) is 10.5 Å². The number of carbonyl (C=O) groups excluding carboxylic acids is 1. The molecule has 0 aliphatic carbocycles. The van der Waals surface area contributed by atoms with Gasteiger partial charge in [-0.1, -0.05) is 11.6 Å². The normalized spacial score (nSPS) is 9.36. The molecule has 2 rings (SSSR count). The Morgan fingerprint density at radius 3 is 2.86 bits per heavy atom. The van der Waals surface area contributed by atoms with Gasteiger partial charge in [-0.2, -0.15) is 0 Å². The van der Waals surface area contributed by atoms with E-state index < -0.39 is 0 Å². The zero-order valence-corrected chi connectivity index (χ0v) is 8.25. The highest BCUT2D eigenvalue weighted by molar-refractivity contribution is 6.33. The van der Waals surface area contributed by atoms with Gasteiger partial charge in [0.2, 0.25) is 0 Å². The van der Waals surface area contributed by atoms with Gasteiger partial charge in [0.05, 0.1) is 11.2 Å². The molecule has 5 heteroatoms. The van der Waals surface area contributed by atoms with Crippen molar-refractivity contribution in [3.63, 3.8) is 0 Å². The van der Waals surface area contributed by atoms with Crippen LogP contribution in [0.5, 0.6) is 0 Å². The maximum atomic E-state index is 10.4. The van der Waals surface area contributed by atoms with Gasteiger partial charge in [0.1, 0.15) is 0 Å². The van der Waals surface area contributed by atoms with E-state index in [1.54, 1.807) is 18.3 Å². The zero-order chi connectivity index (χ0) is 10.6. The van der Waals surface area contributed by atoms with Gasteiger partial charge in [0.15, 0.2) is 11.4 Å². The number of nitrogens with zero attached hydrogens (tertiary/aromatic N) is 1. The van der Waals surface area contributed by atoms with Crippen molar-refractivity contribution in [2.45, 2.75) is 0 Å². The van der Waals surface area contributed by atoms with Gasteiger partial charge in [-0.25, -0.2) is 4.98 Å². The summed E-state index contributed by atoms with van der Waals surface area (Å²) in [6.45, 7) is 0. The Morgan fingerprint density at radius 2 is 2.29 bits per heavy atom. The number of nitrogens with one attached hydrogen (secondary N) is 1. The van der Waals surface area contributed by atoms with Gasteiger partial charge < -0.3 is 10.1 Å². The van der Waals surface area contributed by atoms with Gasteiger partial charge in [-0.05, 0) is 12.1 Å². The van der Waals surface area contributed by atoms with Crippen LogP contribution >= 0.6 is 11.6 Å². The number of aliphatic hydroxyl groups excluding tert-OH is 1. The van der Waals surface area contributed by atoms with E-state index in [4.69, 9.17) is 16.7 Å². The Bertz CT molecular complexity index is 439. The van der Waals surface area contributed by atoms with Crippen molar-refractivity contribution in [1.82, 2.24) is 9.97 Å². The zero-order valence-electron chi connectivity index (χ0n) is 7.49. The predicted octanol–water partition coefficient (Wildman–Crippen LogP) is 1.64. The Morgan fingerprint density at radius 1 is 1.57 bits per heavy atom. The molecule has 0 saturated heterocycles. The lowest BCUT2D eigenvalue weighted by atomic mass is 10.3. The summed E-state index contributed by atoms with van der Waals surface area (Å²) in [4.78, 5) is 17.1. The average molecular weight is 213 g/mol. The third-order valence-electron chi connectivity index (χ3n) is 1.64. The molecule has 4 nitrogen and oxygen atoms in total. The minimum Gasteiger partial charge on any atom is -0.400 e. The van der Waals surface area contributed by atoms with E-state index >= 15 is 0 Å². The van der Waals surface area contributed by atoms with Crippen LogP contribution in [0.4, 0.5) is 0 Å². The number of hydrogen-bond donors (Lipinski definition) is 2. The maximum Gasteiger partial charge on any atom is 0.166 e. The molecule has 2 aromatic rings. The smallest absolute Gasteiger partial charge is 0.166 e. The molecule has 74 valence electrons. The van der Waals surface area contributed by atoms with Crippen LogP contribution in [0.3, 0.4) is 0 Å². The van der Waals surface area contributed by atoms with Crippen LogP contribution in [0, 0.1) is 0 Å². The molecule has 0 unspecified atom stereocenters. The van der Waals surface area contributed by atoms with Gasteiger partial charge in [-0.15, -0.1) is 0 Å². The first-order valence-corrected chi connectivity index (χ1v) is 4.22. The number of aromatic nitrogens is 2. The first-order chi connectivity index (χ1) is 6.81. The summed E-state index contributed by atoms with van der Waals surface area (Å²) in [5.41, 5.74) is 1.22. The summed E-state index contributed by atoms with van der Waals surface area (Å²) in [5.74, 6) is 0. The predicted molar refractivity (Wildman–Crippen MR) is 54.6 cm³/mol. The average Bonchev–Trinajstić information content (AvgIpc) is 2.65. The van der Waals surface area contributed by atoms with E-state index in [1.165, 1.54) is 0 Å². The fraction of sp³-hybridized carbons (Fsp3) is 0.111. The standard InChI is InChI=1S/C8H5ClN2O.CH4O/c9-8-7-5(1-2-10-8)3-6(4-12)11-7;1-2/h1-4,11H;2H,1H3. The topological polar surface area (TPSA) is 66.0 Å². The number of carbonyl (C=O) groups is 1. The van der Waals surface area contributed by atoms with Gasteiger partial charge in [-0.3, -0.25) is 4.79 Å². The number of aromatic amines is 1. The van der Waals surface area contributed by atoms with Crippen LogP contribution < -0.4 is 0 Å². The molecule has 0 saturated carbocycles. The molecule has 2 aromatic heterocycles. The molecule has 0 radical (unpaired) electrons. The van der Waals surface area contributed by atoms with Crippen molar-refractivity contribution in [2.75, 3.05) is 7.11 Å². The molecule has 2 N–H and O–H groups in total. The summed E-state index contributed by atoms with van der Waals surface area (Å²) in [6, 6.07) is 3.53. The first-order valence-electron chi connectivity index (χ1n) is 3.84. The molecular weight excluding hydrogens is 204 g/mol. The third kappa shape index (κ3) is 1.92. The van der Waals surface area contributed by atoms with Crippen molar-refractivity contribution in [2.24, 2.45) is 0 Å². The van der Waals surface area contributed by atoms with Crippen molar-refractivity contribution in [1.29, 1.82) is 0 Å². The van der Waals surface area contributed by atoms with Crippen molar-refractivity contribution >= 4 is 28.8 Å². The minimum absolute atomic E-state index is 0.389. The van der Waals surface area contributed by atoms with E-state index in [2.05, 4.69) is 9.97 Å². The van der Waals surface area contributed by atoms with Crippen LogP contribution in [-0.4, -0.2) is 28.5 Å². The number of pyridine rings is 1. The molecule has 2 heterocycles. The summed E-state index contributed by atoms with van der Waals surface area (Å²) in [5, 5.41) is 8.29. The third-order valence-corrected chi connectivity index (χ3v) is 1.93. The lowest BCUT2D eigenvalue weighted by Crippen LogP contribution is -1.77. The SMILES string of the molecule is CO.O=Cc1cc2ccnc(Cl)c2[nH]1. The van der Waals surface area contributed by atoms with E-state index in [-0.39, 0.29) is 0 Å². The lowest BCUT2D eigenvalue weighted by molar-refractivity contribution is 0.112. The molecule has 0 spiro atoms. The lowest BCUT2D eigenvalue weighted by Gasteiger charge is -1.89. The highest BCUT2D eigenvalue weighted by Crippen LogP contribution is 2.20. The number of fused-ring (bicyclic) bond motifs is 1. The Hall–Kier alpha value is -1.39. The number of H-pyrrole nitrogens is 1.